The van der Waals surface area contributed by atoms with Crippen LogP contribution in [0.4, 0.5) is 0 Å². The molecule has 0 spiro atoms. The lowest BCUT2D eigenvalue weighted by molar-refractivity contribution is 0.593. The number of pyridine rings is 1. The van der Waals surface area contributed by atoms with E-state index in [1.54, 1.807) is 13.0 Å². The van der Waals surface area contributed by atoms with Crippen LogP contribution in [0.5, 0.6) is 0 Å². The fourth-order valence-corrected chi connectivity index (χ4v) is 2.24. The number of hydrogen-bond donors (Lipinski definition) is 1. The minimum atomic E-state index is -3.71. The van der Waals surface area contributed by atoms with Gasteiger partial charge in [0.05, 0.1) is 4.47 Å². The Morgan fingerprint density at radius 2 is 2.17 bits per heavy atom. The molecule has 0 saturated heterocycles. The highest BCUT2D eigenvalue weighted by Gasteiger charge is 2.14. The Hall–Kier alpha value is -0.460. The maximum atomic E-state index is 10.9. The van der Waals surface area contributed by atoms with Crippen molar-refractivity contribution in [2.75, 3.05) is 0 Å². The summed E-state index contributed by atoms with van der Waals surface area (Å²) in [5.41, 5.74) is 0.786. The van der Waals surface area contributed by atoms with Crippen molar-refractivity contribution >= 4 is 26.0 Å². The van der Waals surface area contributed by atoms with Crippen molar-refractivity contribution in [2.24, 2.45) is 5.14 Å². The molecule has 4 nitrogen and oxygen atoms in total. The quantitative estimate of drug-likeness (QED) is 0.802. The largest absolute Gasteiger partial charge is 0.256 e. The first-order valence-electron chi connectivity index (χ1n) is 3.07. The molecule has 1 aromatic rings. The fraction of sp³-hybridized carbons (Fsp3) is 0.167. The molecule has 0 aliphatic rings. The van der Waals surface area contributed by atoms with E-state index in [-0.39, 0.29) is 5.03 Å². The van der Waals surface area contributed by atoms with Crippen LogP contribution in [-0.2, 0) is 10.0 Å². The summed E-state index contributed by atoms with van der Waals surface area (Å²) in [5.74, 6) is 0. The first-order chi connectivity index (χ1) is 5.43. The van der Waals surface area contributed by atoms with E-state index in [2.05, 4.69) is 20.9 Å². The van der Waals surface area contributed by atoms with Gasteiger partial charge in [-0.05, 0) is 34.5 Å². The normalized spacial score (nSPS) is 11.6. The lowest BCUT2D eigenvalue weighted by Crippen LogP contribution is -2.14. The summed E-state index contributed by atoms with van der Waals surface area (Å²) in [6.07, 6.45) is 1.40. The van der Waals surface area contributed by atoms with Crippen LogP contribution < -0.4 is 5.14 Å². The van der Waals surface area contributed by atoms with Gasteiger partial charge in [0.15, 0.2) is 5.03 Å². The molecule has 0 aromatic carbocycles. The number of aryl methyl sites for hydroxylation is 1. The van der Waals surface area contributed by atoms with Crippen molar-refractivity contribution in [1.29, 1.82) is 0 Å². The molecule has 0 unspecified atom stereocenters. The van der Waals surface area contributed by atoms with Gasteiger partial charge in [-0.1, -0.05) is 0 Å². The highest BCUT2D eigenvalue weighted by Crippen LogP contribution is 2.21. The van der Waals surface area contributed by atoms with Crippen LogP contribution in [0.25, 0.3) is 0 Å². The van der Waals surface area contributed by atoms with Crippen LogP contribution in [0.2, 0.25) is 0 Å². The second-order valence-electron chi connectivity index (χ2n) is 2.29. The van der Waals surface area contributed by atoms with Gasteiger partial charge in [0.1, 0.15) is 0 Å². The Bertz CT molecular complexity index is 402. The Labute approximate surface area is 79.0 Å². The lowest BCUT2D eigenvalue weighted by Gasteiger charge is -2.01. The maximum Gasteiger partial charge on any atom is 0.256 e. The second kappa shape index (κ2) is 3.12. The van der Waals surface area contributed by atoms with Gasteiger partial charge in [-0.2, -0.15) is 0 Å². The number of nitrogens with two attached hydrogens (primary N) is 1. The molecule has 66 valence electrons. The Morgan fingerprint density at radius 3 is 2.58 bits per heavy atom. The molecule has 0 saturated carbocycles. The van der Waals surface area contributed by atoms with E-state index in [1.165, 1.54) is 6.20 Å². The zero-order valence-corrected chi connectivity index (χ0v) is 8.68. The SMILES string of the molecule is Cc1ccnc(S(N)(=O)=O)c1Br. The molecule has 0 atom stereocenters. The van der Waals surface area contributed by atoms with Crippen molar-refractivity contribution in [3.8, 4) is 0 Å². The van der Waals surface area contributed by atoms with Crippen molar-refractivity contribution < 1.29 is 8.42 Å². The Kier molecular flexibility index (Phi) is 2.50. The zero-order valence-electron chi connectivity index (χ0n) is 6.28. The second-order valence-corrected chi connectivity index (χ2v) is 4.56. The molecule has 0 aliphatic heterocycles. The molecular weight excluding hydrogens is 244 g/mol. The van der Waals surface area contributed by atoms with Crippen molar-refractivity contribution in [3.05, 3.63) is 22.3 Å². The number of primary sulfonamides is 1. The number of nitrogens with zero attached hydrogens (tertiary/aromatic N) is 1. The molecule has 6 heteroatoms. The van der Waals surface area contributed by atoms with Crippen LogP contribution in [0.15, 0.2) is 21.8 Å². The minimum Gasteiger partial charge on any atom is -0.242 e. The summed E-state index contributed by atoms with van der Waals surface area (Å²) in [6, 6.07) is 1.69. The van der Waals surface area contributed by atoms with E-state index in [4.69, 9.17) is 5.14 Å². The van der Waals surface area contributed by atoms with Gasteiger partial charge in [0, 0.05) is 6.20 Å². The van der Waals surface area contributed by atoms with Gasteiger partial charge in [-0.25, -0.2) is 18.5 Å². The van der Waals surface area contributed by atoms with Gasteiger partial charge in [-0.3, -0.25) is 0 Å². The molecule has 0 fully saturated rings. The molecule has 0 amide bonds. The average Bonchev–Trinajstić information content (AvgIpc) is 1.92. The number of rotatable bonds is 1. The summed E-state index contributed by atoms with van der Waals surface area (Å²) >= 11 is 3.09. The zero-order chi connectivity index (χ0) is 9.35. The van der Waals surface area contributed by atoms with Crippen LogP contribution in [0.3, 0.4) is 0 Å². The maximum absolute atomic E-state index is 10.9. The summed E-state index contributed by atoms with van der Waals surface area (Å²) in [5, 5.41) is 4.78. The highest BCUT2D eigenvalue weighted by atomic mass is 79.9. The van der Waals surface area contributed by atoms with E-state index in [9.17, 15) is 8.42 Å². The fourth-order valence-electron chi connectivity index (χ4n) is 0.714. The van der Waals surface area contributed by atoms with Gasteiger partial charge in [0.25, 0.3) is 10.0 Å². The van der Waals surface area contributed by atoms with Crippen LogP contribution in [-0.4, -0.2) is 13.4 Å². The molecule has 0 aliphatic carbocycles. The third-order valence-electron chi connectivity index (χ3n) is 1.32. The molecule has 0 bridgehead atoms. The van der Waals surface area contributed by atoms with Crippen molar-refractivity contribution in [2.45, 2.75) is 11.9 Å². The Balaban J connectivity index is 3.47. The number of sulfonamides is 1. The predicted octanol–water partition coefficient (Wildman–Crippen LogP) is 0.800. The monoisotopic (exact) mass is 250 g/mol. The Morgan fingerprint density at radius 1 is 1.58 bits per heavy atom. The van der Waals surface area contributed by atoms with Gasteiger partial charge < -0.3 is 0 Å². The van der Waals surface area contributed by atoms with E-state index in [1.807, 2.05) is 0 Å². The topological polar surface area (TPSA) is 73.0 Å². The summed E-state index contributed by atoms with van der Waals surface area (Å²) in [6.45, 7) is 1.76. The van der Waals surface area contributed by atoms with E-state index >= 15 is 0 Å². The molecular formula is C6H7BrN2O2S. The van der Waals surface area contributed by atoms with Crippen LogP contribution in [0, 0.1) is 6.92 Å². The minimum absolute atomic E-state index is 0.123. The number of halogens is 1. The molecule has 0 radical (unpaired) electrons. The molecule has 12 heavy (non-hydrogen) atoms. The first kappa shape index (κ1) is 9.63. The third kappa shape index (κ3) is 1.82. The van der Waals surface area contributed by atoms with Gasteiger partial charge in [-0.15, -0.1) is 0 Å². The van der Waals surface area contributed by atoms with Crippen molar-refractivity contribution in [1.82, 2.24) is 4.98 Å². The number of hydrogen-bond acceptors (Lipinski definition) is 3. The van der Waals surface area contributed by atoms with E-state index < -0.39 is 10.0 Å². The molecule has 1 aromatic heterocycles. The van der Waals surface area contributed by atoms with Crippen molar-refractivity contribution in [3.63, 3.8) is 0 Å². The predicted molar refractivity (Wildman–Crippen MR) is 48.0 cm³/mol. The molecule has 2 N–H and O–H groups in total. The van der Waals surface area contributed by atoms with Gasteiger partial charge in [0.2, 0.25) is 0 Å². The summed E-state index contributed by atoms with van der Waals surface area (Å²) in [7, 11) is -3.71. The van der Waals surface area contributed by atoms with Crippen LogP contribution >= 0.6 is 15.9 Å². The first-order valence-corrected chi connectivity index (χ1v) is 5.41. The standard InChI is InChI=1S/C6H7BrN2O2S/c1-4-2-3-9-6(5(4)7)12(8,10)11/h2-3H,1H3,(H2,8,10,11). The summed E-state index contributed by atoms with van der Waals surface area (Å²) < 4.78 is 22.2. The number of aromatic nitrogens is 1. The highest BCUT2D eigenvalue weighted by molar-refractivity contribution is 9.10. The smallest absolute Gasteiger partial charge is 0.242 e. The van der Waals surface area contributed by atoms with E-state index in [0.717, 1.165) is 5.56 Å². The van der Waals surface area contributed by atoms with E-state index in [0.29, 0.717) is 4.47 Å². The molecule has 1 rings (SSSR count). The third-order valence-corrected chi connectivity index (χ3v) is 3.43. The lowest BCUT2D eigenvalue weighted by atomic mass is 10.3. The van der Waals surface area contributed by atoms with Crippen LogP contribution in [0.1, 0.15) is 5.56 Å². The summed E-state index contributed by atoms with van der Waals surface area (Å²) in [4.78, 5) is 3.65. The molecule has 1 heterocycles. The average molecular weight is 251 g/mol. The van der Waals surface area contributed by atoms with Gasteiger partial charge >= 0.3 is 0 Å².